The molecule has 7 heteroatoms. The van der Waals surface area contributed by atoms with Crippen LogP contribution in [0.15, 0.2) is 18.2 Å². The maximum atomic E-state index is 13.6. The minimum atomic E-state index is -0.288. The Hall–Kier alpha value is -1.84. The number of benzene rings is 1. The van der Waals surface area contributed by atoms with Crippen LogP contribution in [0.1, 0.15) is 38.5 Å². The van der Waals surface area contributed by atoms with E-state index in [1.807, 2.05) is 12.1 Å². The molecule has 2 fully saturated rings. The summed E-state index contributed by atoms with van der Waals surface area (Å²) in [5.74, 6) is 0.275. The minimum Gasteiger partial charge on any atom is -0.369 e. The van der Waals surface area contributed by atoms with Gasteiger partial charge in [0.05, 0.1) is 6.07 Å². The van der Waals surface area contributed by atoms with Gasteiger partial charge in [-0.15, -0.1) is 0 Å². The van der Waals surface area contributed by atoms with E-state index >= 15 is 0 Å². The average Bonchev–Trinajstić information content (AvgIpc) is 2.67. The lowest BCUT2D eigenvalue weighted by molar-refractivity contribution is -0.121. The third-order valence-corrected chi connectivity index (χ3v) is 6.11. The number of nitrogens with one attached hydrogen (secondary N) is 1. The number of carbonyl (C=O) groups is 1. The topological polar surface area (TPSA) is 59.4 Å². The summed E-state index contributed by atoms with van der Waals surface area (Å²) in [6.45, 7) is 4.82. The summed E-state index contributed by atoms with van der Waals surface area (Å²) in [6.07, 6.45) is 5.43. The predicted molar refractivity (Wildman–Crippen MR) is 109 cm³/mol. The predicted octanol–water partition coefficient (Wildman–Crippen LogP) is 3.58. The van der Waals surface area contributed by atoms with Gasteiger partial charge < -0.3 is 10.2 Å². The molecule has 0 unspecified atom stereocenters. The lowest BCUT2D eigenvalue weighted by atomic mass is 9.84. The fourth-order valence-electron chi connectivity index (χ4n) is 4.26. The second kappa shape index (κ2) is 10.1. The first-order chi connectivity index (χ1) is 13.5. The number of amides is 1. The molecule has 3 rings (SSSR count). The Bertz CT molecular complexity index is 687. The monoisotopic (exact) mass is 406 g/mol. The number of rotatable bonds is 6. The molecular weight excluding hydrogens is 379 g/mol. The quantitative estimate of drug-likeness (QED) is 0.784. The molecule has 0 spiro atoms. The Morgan fingerprint density at radius 1 is 1.18 bits per heavy atom. The van der Waals surface area contributed by atoms with Gasteiger partial charge in [0.15, 0.2) is 0 Å². The Balaban J connectivity index is 1.35. The van der Waals surface area contributed by atoms with Crippen LogP contribution in [0.25, 0.3) is 0 Å². The fourth-order valence-corrected chi connectivity index (χ4v) is 4.48. The van der Waals surface area contributed by atoms with Crippen LogP contribution in [-0.4, -0.2) is 49.6 Å². The zero-order valence-electron chi connectivity index (χ0n) is 16.2. The molecule has 1 heterocycles. The number of carbonyl (C=O) groups excluding carboxylic acids is 1. The van der Waals surface area contributed by atoms with Crippen molar-refractivity contribution in [2.45, 2.75) is 44.6 Å². The van der Waals surface area contributed by atoms with Crippen LogP contribution in [0, 0.1) is 23.1 Å². The lowest BCUT2D eigenvalue weighted by Crippen LogP contribution is -2.47. The highest BCUT2D eigenvalue weighted by molar-refractivity contribution is 6.30. The largest absolute Gasteiger partial charge is 0.369 e. The maximum Gasteiger partial charge on any atom is 0.234 e. The van der Waals surface area contributed by atoms with Gasteiger partial charge in [0, 0.05) is 42.9 Å². The highest BCUT2D eigenvalue weighted by Gasteiger charge is 2.24. The van der Waals surface area contributed by atoms with E-state index in [1.54, 1.807) is 6.07 Å². The molecule has 1 saturated heterocycles. The van der Waals surface area contributed by atoms with E-state index in [4.69, 9.17) is 16.9 Å². The second-order valence-electron chi connectivity index (χ2n) is 7.87. The van der Waals surface area contributed by atoms with Crippen molar-refractivity contribution in [1.82, 2.24) is 10.2 Å². The van der Waals surface area contributed by atoms with E-state index in [9.17, 15) is 9.18 Å². The molecule has 1 aliphatic carbocycles. The van der Waals surface area contributed by atoms with Gasteiger partial charge in [-0.25, -0.2) is 4.39 Å². The van der Waals surface area contributed by atoms with E-state index in [1.165, 1.54) is 12.5 Å². The number of halogens is 2. The van der Waals surface area contributed by atoms with E-state index in [0.29, 0.717) is 10.9 Å². The Labute approximate surface area is 171 Å². The molecule has 28 heavy (non-hydrogen) atoms. The normalized spacial score (nSPS) is 23.2. The van der Waals surface area contributed by atoms with Gasteiger partial charge in [-0.05, 0) is 62.8 Å². The van der Waals surface area contributed by atoms with Crippen LogP contribution in [-0.2, 0) is 4.79 Å². The van der Waals surface area contributed by atoms with E-state index in [-0.39, 0.29) is 24.2 Å². The minimum absolute atomic E-state index is 0.0479. The van der Waals surface area contributed by atoms with Crippen molar-refractivity contribution in [2.24, 2.45) is 5.92 Å². The first-order valence-electron chi connectivity index (χ1n) is 10.1. The number of nitrogens with zero attached hydrogens (tertiary/aromatic N) is 3. The van der Waals surface area contributed by atoms with E-state index in [0.717, 1.165) is 64.1 Å². The summed E-state index contributed by atoms with van der Waals surface area (Å²) in [4.78, 5) is 16.2. The van der Waals surface area contributed by atoms with Crippen LogP contribution >= 0.6 is 11.6 Å². The Kier molecular flexibility index (Phi) is 7.52. The van der Waals surface area contributed by atoms with Gasteiger partial charge in [-0.1, -0.05) is 11.6 Å². The third kappa shape index (κ3) is 6.08. The number of hydrogen-bond acceptors (Lipinski definition) is 4. The highest BCUT2D eigenvalue weighted by atomic mass is 35.5. The number of anilines is 1. The molecule has 0 bridgehead atoms. The van der Waals surface area contributed by atoms with Crippen LogP contribution in [0.2, 0.25) is 5.02 Å². The lowest BCUT2D eigenvalue weighted by Gasteiger charge is -2.37. The van der Waals surface area contributed by atoms with Crippen molar-refractivity contribution in [3.05, 3.63) is 29.0 Å². The SMILES string of the molecule is N#CCC(=O)NC1CCC(CCN2CCN(c3cc(F)cc(Cl)c3)CC2)CC1. The number of piperazine rings is 1. The molecule has 1 amide bonds. The zero-order valence-corrected chi connectivity index (χ0v) is 16.9. The molecule has 0 radical (unpaired) electrons. The summed E-state index contributed by atoms with van der Waals surface area (Å²) >= 11 is 5.97. The zero-order chi connectivity index (χ0) is 19.9. The summed E-state index contributed by atoms with van der Waals surface area (Å²) < 4.78 is 13.6. The molecule has 2 aliphatic rings. The summed E-state index contributed by atoms with van der Waals surface area (Å²) in [5, 5.41) is 12.0. The second-order valence-corrected chi connectivity index (χ2v) is 8.30. The van der Waals surface area contributed by atoms with Crippen LogP contribution in [0.4, 0.5) is 10.1 Å². The standard InChI is InChI=1S/C21H28ClFN4O/c22-17-13-18(23)15-20(14-17)27-11-9-26(10-12-27)8-6-16-1-3-19(4-2-16)25-21(28)5-7-24/h13-16,19H,1-6,8-12H2,(H,25,28). The molecule has 0 atom stereocenters. The molecular formula is C21H28ClFN4O. The first kappa shape index (κ1) is 20.9. The van der Waals surface area contributed by atoms with Crippen molar-refractivity contribution in [1.29, 1.82) is 5.26 Å². The molecule has 1 aliphatic heterocycles. The van der Waals surface area contributed by atoms with Crippen molar-refractivity contribution in [2.75, 3.05) is 37.6 Å². The molecule has 1 N–H and O–H groups in total. The van der Waals surface area contributed by atoms with Gasteiger partial charge in [0.1, 0.15) is 12.2 Å². The number of nitriles is 1. The van der Waals surface area contributed by atoms with Crippen molar-refractivity contribution >= 4 is 23.2 Å². The van der Waals surface area contributed by atoms with Crippen molar-refractivity contribution in [3.63, 3.8) is 0 Å². The molecule has 0 aromatic heterocycles. The van der Waals surface area contributed by atoms with Crippen molar-refractivity contribution in [3.8, 4) is 6.07 Å². The van der Waals surface area contributed by atoms with Gasteiger partial charge in [0.25, 0.3) is 0 Å². The first-order valence-corrected chi connectivity index (χ1v) is 10.5. The molecule has 5 nitrogen and oxygen atoms in total. The van der Waals surface area contributed by atoms with Gasteiger partial charge in [-0.2, -0.15) is 5.26 Å². The van der Waals surface area contributed by atoms with Gasteiger partial charge in [0.2, 0.25) is 5.91 Å². The molecule has 1 saturated carbocycles. The Morgan fingerprint density at radius 3 is 2.54 bits per heavy atom. The van der Waals surface area contributed by atoms with Gasteiger partial charge in [-0.3, -0.25) is 9.69 Å². The van der Waals surface area contributed by atoms with Crippen molar-refractivity contribution < 1.29 is 9.18 Å². The van der Waals surface area contributed by atoms with Gasteiger partial charge >= 0.3 is 0 Å². The van der Waals surface area contributed by atoms with E-state index < -0.39 is 0 Å². The van der Waals surface area contributed by atoms with Crippen LogP contribution in [0.3, 0.4) is 0 Å². The summed E-state index contributed by atoms with van der Waals surface area (Å²) in [5.41, 5.74) is 0.862. The fraction of sp³-hybridized carbons (Fsp3) is 0.619. The maximum absolute atomic E-state index is 13.6. The molecule has 1 aromatic carbocycles. The Morgan fingerprint density at radius 2 is 1.89 bits per heavy atom. The number of hydrogen-bond donors (Lipinski definition) is 1. The summed E-state index contributed by atoms with van der Waals surface area (Å²) in [6, 6.07) is 6.85. The molecule has 152 valence electrons. The third-order valence-electron chi connectivity index (χ3n) is 5.89. The van der Waals surface area contributed by atoms with Crippen LogP contribution in [0.5, 0.6) is 0 Å². The van der Waals surface area contributed by atoms with E-state index in [2.05, 4.69) is 15.1 Å². The smallest absolute Gasteiger partial charge is 0.234 e. The molecule has 1 aromatic rings. The average molecular weight is 407 g/mol. The summed E-state index contributed by atoms with van der Waals surface area (Å²) in [7, 11) is 0. The highest BCUT2D eigenvalue weighted by Crippen LogP contribution is 2.28. The van der Waals surface area contributed by atoms with Crippen LogP contribution < -0.4 is 10.2 Å².